The second-order valence-electron chi connectivity index (χ2n) is 7.75. The Labute approximate surface area is 161 Å². The Bertz CT molecular complexity index is 997. The van der Waals surface area contributed by atoms with Crippen molar-refractivity contribution < 1.29 is 9.53 Å². The summed E-state index contributed by atoms with van der Waals surface area (Å²) < 4.78 is 6.83. The first-order valence-corrected chi connectivity index (χ1v) is 9.24. The zero-order valence-electron chi connectivity index (χ0n) is 15.8. The number of rotatable bonds is 1. The quantitative estimate of drug-likeness (QED) is 0.750. The van der Waals surface area contributed by atoms with Crippen molar-refractivity contribution in [2.45, 2.75) is 52.2 Å². The summed E-state index contributed by atoms with van der Waals surface area (Å²) in [5, 5.41) is 0.420. The van der Waals surface area contributed by atoms with Crippen LogP contribution in [0.25, 0.3) is 11.2 Å². The van der Waals surface area contributed by atoms with E-state index in [1.54, 1.807) is 17.9 Å². The van der Waals surface area contributed by atoms with Gasteiger partial charge in [-0.3, -0.25) is 14.2 Å². The predicted octanol–water partition coefficient (Wildman–Crippen LogP) is 2.62. The molecule has 0 radical (unpaired) electrons. The lowest BCUT2D eigenvalue weighted by molar-refractivity contribution is 0.0188. The zero-order valence-corrected chi connectivity index (χ0v) is 16.6. The van der Waals surface area contributed by atoms with Crippen molar-refractivity contribution in [1.82, 2.24) is 19.4 Å². The molecule has 2 aromatic rings. The number of fused-ring (bicyclic) bond motifs is 1. The molecule has 2 aromatic heterocycles. The van der Waals surface area contributed by atoms with Crippen LogP contribution in [0, 0.1) is 6.92 Å². The second kappa shape index (κ2) is 6.99. The van der Waals surface area contributed by atoms with Crippen molar-refractivity contribution in [3.05, 3.63) is 37.5 Å². The smallest absolute Gasteiger partial charge is 0.410 e. The highest BCUT2D eigenvalue weighted by molar-refractivity contribution is 6.31. The Morgan fingerprint density at radius 3 is 2.52 bits per heavy atom. The molecule has 1 N–H and O–H groups in total. The third-order valence-electron chi connectivity index (χ3n) is 4.50. The summed E-state index contributed by atoms with van der Waals surface area (Å²) in [4.78, 5) is 45.4. The molecule has 27 heavy (non-hydrogen) atoms. The molecule has 0 unspecified atom stereocenters. The molecule has 0 aromatic carbocycles. The molecule has 0 atom stereocenters. The number of aryl methyl sites for hydroxylation is 1. The average molecular weight is 395 g/mol. The van der Waals surface area contributed by atoms with Crippen LogP contribution in [0.3, 0.4) is 0 Å². The number of likely N-dealkylation sites (tertiary alicyclic amines) is 1. The molecule has 0 spiro atoms. The number of hydrogen-bond acceptors (Lipinski definition) is 5. The highest BCUT2D eigenvalue weighted by Gasteiger charge is 2.29. The van der Waals surface area contributed by atoms with Crippen molar-refractivity contribution in [3.8, 4) is 0 Å². The number of aromatic amines is 1. The number of amides is 1. The molecule has 8 nitrogen and oxygen atoms in total. The lowest BCUT2D eigenvalue weighted by atomic mass is 10.0. The van der Waals surface area contributed by atoms with Crippen molar-refractivity contribution in [2.75, 3.05) is 13.1 Å². The Morgan fingerprint density at radius 1 is 1.30 bits per heavy atom. The van der Waals surface area contributed by atoms with Gasteiger partial charge in [0.2, 0.25) is 0 Å². The summed E-state index contributed by atoms with van der Waals surface area (Å²) in [6.07, 6.45) is 0.687. The number of piperidine rings is 1. The molecular weight excluding hydrogens is 372 g/mol. The standard InChI is InChI=1S/C18H23ClN4O4/c1-10-12(19)9-13-14(20-10)23(16(25)15(24)21-13)11-5-7-22(8-6-11)17(26)27-18(2,3)4/h9,11H,5-8H2,1-4H3,(H,21,24). The van der Waals surface area contributed by atoms with Gasteiger partial charge in [-0.1, -0.05) is 11.6 Å². The number of pyridine rings is 1. The number of nitrogens with one attached hydrogen (secondary N) is 1. The lowest BCUT2D eigenvalue weighted by Crippen LogP contribution is -2.45. The van der Waals surface area contributed by atoms with Gasteiger partial charge >= 0.3 is 17.2 Å². The molecule has 146 valence electrons. The Kier molecular flexibility index (Phi) is 5.03. The monoisotopic (exact) mass is 394 g/mol. The van der Waals surface area contributed by atoms with Crippen LogP contribution in [0.4, 0.5) is 4.79 Å². The molecule has 1 aliphatic heterocycles. The van der Waals surface area contributed by atoms with Gasteiger partial charge in [0.05, 0.1) is 16.2 Å². The maximum Gasteiger partial charge on any atom is 0.410 e. The van der Waals surface area contributed by atoms with Crippen molar-refractivity contribution in [1.29, 1.82) is 0 Å². The summed E-state index contributed by atoms with van der Waals surface area (Å²) in [6, 6.07) is 1.38. The maximum absolute atomic E-state index is 12.5. The van der Waals surface area contributed by atoms with E-state index in [1.165, 1.54) is 4.57 Å². The van der Waals surface area contributed by atoms with Gasteiger partial charge in [-0.05, 0) is 46.6 Å². The summed E-state index contributed by atoms with van der Waals surface area (Å²) >= 11 is 6.09. The summed E-state index contributed by atoms with van der Waals surface area (Å²) in [5.74, 6) is 0. The van der Waals surface area contributed by atoms with E-state index in [0.717, 1.165) is 0 Å². The predicted molar refractivity (Wildman–Crippen MR) is 102 cm³/mol. The van der Waals surface area contributed by atoms with Gasteiger partial charge in [0.25, 0.3) is 0 Å². The summed E-state index contributed by atoms with van der Waals surface area (Å²) in [6.45, 7) is 8.07. The SMILES string of the molecule is Cc1nc2c(cc1Cl)[nH]c(=O)c(=O)n2C1CCN(C(=O)OC(C)(C)C)CC1. The molecule has 9 heteroatoms. The largest absolute Gasteiger partial charge is 0.444 e. The van der Waals surface area contributed by atoms with Crippen LogP contribution < -0.4 is 11.1 Å². The molecule has 1 aliphatic rings. The number of carbonyl (C=O) groups excluding carboxylic acids is 1. The summed E-state index contributed by atoms with van der Waals surface area (Å²) in [7, 11) is 0. The fraction of sp³-hybridized carbons (Fsp3) is 0.556. The number of ether oxygens (including phenoxy) is 1. The lowest BCUT2D eigenvalue weighted by Gasteiger charge is -2.34. The van der Waals surface area contributed by atoms with Gasteiger partial charge < -0.3 is 14.6 Å². The number of H-pyrrole nitrogens is 1. The first-order valence-electron chi connectivity index (χ1n) is 8.86. The maximum atomic E-state index is 12.5. The summed E-state index contributed by atoms with van der Waals surface area (Å²) in [5.41, 5.74) is -0.516. The first kappa shape index (κ1) is 19.4. The molecule has 1 amide bonds. The van der Waals surface area contributed by atoms with Crippen LogP contribution >= 0.6 is 11.6 Å². The highest BCUT2D eigenvalue weighted by Crippen LogP contribution is 2.26. The van der Waals surface area contributed by atoms with E-state index in [4.69, 9.17) is 16.3 Å². The molecule has 0 bridgehead atoms. The number of nitrogens with zero attached hydrogens (tertiary/aromatic N) is 3. The minimum absolute atomic E-state index is 0.228. The van der Waals surface area contributed by atoms with Gasteiger partial charge in [-0.2, -0.15) is 0 Å². The Balaban J connectivity index is 1.90. The van der Waals surface area contributed by atoms with Crippen LogP contribution in [-0.2, 0) is 4.74 Å². The molecule has 3 rings (SSSR count). The molecule has 3 heterocycles. The van der Waals surface area contributed by atoms with Gasteiger partial charge in [-0.15, -0.1) is 0 Å². The van der Waals surface area contributed by atoms with Crippen LogP contribution in [-0.4, -0.2) is 44.2 Å². The Morgan fingerprint density at radius 2 is 1.93 bits per heavy atom. The van der Waals surface area contributed by atoms with Gasteiger partial charge in [0, 0.05) is 19.1 Å². The molecule has 0 aliphatic carbocycles. The number of halogens is 1. The van der Waals surface area contributed by atoms with Gasteiger partial charge in [0.15, 0.2) is 5.65 Å². The second-order valence-corrected chi connectivity index (χ2v) is 8.16. The van der Waals surface area contributed by atoms with Crippen molar-refractivity contribution >= 4 is 28.9 Å². The Hall–Kier alpha value is -2.35. The molecule has 1 fully saturated rings. The number of carbonyl (C=O) groups is 1. The van der Waals surface area contributed by atoms with Crippen molar-refractivity contribution in [2.24, 2.45) is 0 Å². The minimum atomic E-state index is -0.709. The fourth-order valence-corrected chi connectivity index (χ4v) is 3.35. The number of aromatic nitrogens is 3. The highest BCUT2D eigenvalue weighted by atomic mass is 35.5. The van der Waals surface area contributed by atoms with E-state index in [1.807, 2.05) is 20.8 Å². The van der Waals surface area contributed by atoms with Crippen LogP contribution in [0.1, 0.15) is 45.3 Å². The van der Waals surface area contributed by atoms with Crippen LogP contribution in [0.15, 0.2) is 15.7 Å². The molecule has 1 saturated heterocycles. The third-order valence-corrected chi connectivity index (χ3v) is 4.88. The first-order chi connectivity index (χ1) is 12.6. The number of hydrogen-bond donors (Lipinski definition) is 1. The topological polar surface area (TPSA) is 97.3 Å². The van der Waals surface area contributed by atoms with Crippen LogP contribution in [0.2, 0.25) is 5.02 Å². The third kappa shape index (κ3) is 4.00. The fourth-order valence-electron chi connectivity index (χ4n) is 3.20. The minimum Gasteiger partial charge on any atom is -0.444 e. The van der Waals surface area contributed by atoms with E-state index in [9.17, 15) is 14.4 Å². The van der Waals surface area contributed by atoms with Gasteiger partial charge in [0.1, 0.15) is 5.60 Å². The molecular formula is C18H23ClN4O4. The van der Waals surface area contributed by atoms with E-state index < -0.39 is 16.7 Å². The van der Waals surface area contributed by atoms with Crippen molar-refractivity contribution in [3.63, 3.8) is 0 Å². The van der Waals surface area contributed by atoms with E-state index in [-0.39, 0.29) is 12.1 Å². The van der Waals surface area contributed by atoms with E-state index in [0.29, 0.717) is 47.8 Å². The van der Waals surface area contributed by atoms with Crippen LogP contribution in [0.5, 0.6) is 0 Å². The van der Waals surface area contributed by atoms with E-state index >= 15 is 0 Å². The average Bonchev–Trinajstić information content (AvgIpc) is 2.57. The zero-order chi connectivity index (χ0) is 19.9. The normalized spacial score (nSPS) is 16.0. The van der Waals surface area contributed by atoms with Gasteiger partial charge in [-0.25, -0.2) is 9.78 Å². The van der Waals surface area contributed by atoms with E-state index in [2.05, 4.69) is 9.97 Å². The molecule has 0 saturated carbocycles.